The van der Waals surface area contributed by atoms with Crippen molar-refractivity contribution in [1.82, 2.24) is 9.21 Å². The van der Waals surface area contributed by atoms with Gasteiger partial charge in [0.05, 0.1) is 5.75 Å². The predicted molar refractivity (Wildman–Crippen MR) is 93.5 cm³/mol. The molecule has 0 aromatic heterocycles. The summed E-state index contributed by atoms with van der Waals surface area (Å²) in [6.07, 6.45) is 2.59. The van der Waals surface area contributed by atoms with Crippen LogP contribution in [-0.2, 0) is 19.6 Å². The highest BCUT2D eigenvalue weighted by atomic mass is 32.2. The van der Waals surface area contributed by atoms with Gasteiger partial charge in [-0.1, -0.05) is 0 Å². The molecule has 9 heteroatoms. The zero-order valence-corrected chi connectivity index (χ0v) is 15.6. The molecule has 1 amide bonds. The SMILES string of the molecule is CCS(=O)(=O)N1CCC(N(CC(=O)O)C(=O)C2CCSCC2)CC1. The lowest BCUT2D eigenvalue weighted by molar-refractivity contribution is -0.149. The van der Waals surface area contributed by atoms with Crippen LogP contribution in [0.5, 0.6) is 0 Å². The zero-order valence-electron chi connectivity index (χ0n) is 14.0. The van der Waals surface area contributed by atoms with E-state index >= 15 is 0 Å². The Labute approximate surface area is 147 Å². The Morgan fingerprint density at radius 3 is 2.25 bits per heavy atom. The van der Waals surface area contributed by atoms with Crippen molar-refractivity contribution in [3.05, 3.63) is 0 Å². The summed E-state index contributed by atoms with van der Waals surface area (Å²) < 4.78 is 25.3. The van der Waals surface area contributed by atoms with E-state index in [1.54, 1.807) is 6.92 Å². The summed E-state index contributed by atoms with van der Waals surface area (Å²) in [7, 11) is -3.22. The Morgan fingerprint density at radius 2 is 1.75 bits per heavy atom. The summed E-state index contributed by atoms with van der Waals surface area (Å²) in [6.45, 7) is 2.02. The highest BCUT2D eigenvalue weighted by Crippen LogP contribution is 2.27. The Kier molecular flexibility index (Phi) is 6.94. The van der Waals surface area contributed by atoms with Crippen LogP contribution in [-0.4, -0.2) is 77.5 Å². The fourth-order valence-corrected chi connectivity index (χ4v) is 5.57. The Morgan fingerprint density at radius 1 is 1.17 bits per heavy atom. The third-order valence-electron chi connectivity index (χ3n) is 4.78. The van der Waals surface area contributed by atoms with Crippen LogP contribution >= 0.6 is 11.8 Å². The molecule has 2 saturated heterocycles. The summed E-state index contributed by atoms with van der Waals surface area (Å²) in [6, 6.07) is -0.188. The first-order valence-corrected chi connectivity index (χ1v) is 11.2. The van der Waals surface area contributed by atoms with Crippen molar-refractivity contribution in [1.29, 1.82) is 0 Å². The average Bonchev–Trinajstić information content (AvgIpc) is 2.60. The number of thioether (sulfide) groups is 1. The molecule has 0 atom stereocenters. The van der Waals surface area contributed by atoms with Crippen LogP contribution in [0.4, 0.5) is 0 Å². The molecule has 0 unspecified atom stereocenters. The van der Waals surface area contributed by atoms with Crippen molar-refractivity contribution in [3.63, 3.8) is 0 Å². The quantitative estimate of drug-likeness (QED) is 0.736. The largest absolute Gasteiger partial charge is 0.480 e. The van der Waals surface area contributed by atoms with Crippen LogP contribution < -0.4 is 0 Å². The van der Waals surface area contributed by atoms with Gasteiger partial charge < -0.3 is 10.0 Å². The molecule has 2 aliphatic rings. The average molecular weight is 379 g/mol. The molecule has 0 saturated carbocycles. The van der Waals surface area contributed by atoms with Gasteiger partial charge in [-0.15, -0.1) is 0 Å². The molecule has 138 valence electrons. The fourth-order valence-electron chi connectivity index (χ4n) is 3.33. The first-order valence-electron chi connectivity index (χ1n) is 8.43. The molecular formula is C15H26N2O5S2. The van der Waals surface area contributed by atoms with Crippen LogP contribution in [0.2, 0.25) is 0 Å². The monoisotopic (exact) mass is 378 g/mol. The summed E-state index contributed by atoms with van der Waals surface area (Å²) in [5.74, 6) is 0.749. The number of piperidine rings is 1. The molecule has 0 aliphatic carbocycles. The maximum atomic E-state index is 12.8. The number of carbonyl (C=O) groups excluding carboxylic acids is 1. The number of amides is 1. The Balaban J connectivity index is 2.03. The van der Waals surface area contributed by atoms with Crippen molar-refractivity contribution in [2.24, 2.45) is 5.92 Å². The van der Waals surface area contributed by atoms with Crippen molar-refractivity contribution in [2.45, 2.75) is 38.6 Å². The third-order valence-corrected chi connectivity index (χ3v) is 7.71. The van der Waals surface area contributed by atoms with Gasteiger partial charge in [-0.2, -0.15) is 11.8 Å². The number of aliphatic carboxylic acids is 1. The lowest BCUT2D eigenvalue weighted by Gasteiger charge is -2.39. The minimum Gasteiger partial charge on any atom is -0.480 e. The lowest BCUT2D eigenvalue weighted by atomic mass is 9.97. The van der Waals surface area contributed by atoms with E-state index in [0.717, 1.165) is 24.3 Å². The topological polar surface area (TPSA) is 95.0 Å². The van der Waals surface area contributed by atoms with Crippen LogP contribution in [0.15, 0.2) is 0 Å². The summed E-state index contributed by atoms with van der Waals surface area (Å²) in [5, 5.41) is 9.18. The Hall–Kier alpha value is -0.800. The van der Waals surface area contributed by atoms with E-state index in [4.69, 9.17) is 0 Å². The van der Waals surface area contributed by atoms with E-state index in [0.29, 0.717) is 25.9 Å². The van der Waals surface area contributed by atoms with E-state index in [1.165, 1.54) is 9.21 Å². The lowest BCUT2D eigenvalue weighted by Crippen LogP contribution is -2.52. The van der Waals surface area contributed by atoms with Crippen LogP contribution in [0.3, 0.4) is 0 Å². The van der Waals surface area contributed by atoms with Crippen molar-refractivity contribution in [2.75, 3.05) is 36.9 Å². The van der Waals surface area contributed by atoms with Crippen molar-refractivity contribution < 1.29 is 23.1 Å². The number of hydrogen-bond acceptors (Lipinski definition) is 5. The molecule has 0 aromatic rings. The molecule has 2 fully saturated rings. The maximum Gasteiger partial charge on any atom is 0.323 e. The van der Waals surface area contributed by atoms with E-state index in [2.05, 4.69) is 0 Å². The molecule has 0 radical (unpaired) electrons. The maximum absolute atomic E-state index is 12.8. The fraction of sp³-hybridized carbons (Fsp3) is 0.867. The van der Waals surface area contributed by atoms with Crippen LogP contribution in [0, 0.1) is 5.92 Å². The molecule has 2 aliphatic heterocycles. The second kappa shape index (κ2) is 8.53. The summed E-state index contributed by atoms with van der Waals surface area (Å²) in [4.78, 5) is 25.5. The molecule has 24 heavy (non-hydrogen) atoms. The normalized spacial score (nSPS) is 21.5. The van der Waals surface area contributed by atoms with Crippen LogP contribution in [0.25, 0.3) is 0 Å². The smallest absolute Gasteiger partial charge is 0.323 e. The highest BCUT2D eigenvalue weighted by molar-refractivity contribution is 7.99. The predicted octanol–water partition coefficient (Wildman–Crippen LogP) is 0.857. The highest BCUT2D eigenvalue weighted by Gasteiger charge is 2.35. The summed E-state index contributed by atoms with van der Waals surface area (Å²) >= 11 is 1.82. The van der Waals surface area contributed by atoms with E-state index in [1.807, 2.05) is 11.8 Å². The number of carbonyl (C=O) groups is 2. The minimum atomic E-state index is -3.22. The number of carboxylic acids is 1. The van der Waals surface area contributed by atoms with E-state index < -0.39 is 16.0 Å². The standard InChI is InChI=1S/C15H26N2O5S2/c1-2-24(21,22)16-7-3-13(4-8-16)17(11-14(18)19)15(20)12-5-9-23-10-6-12/h12-13H,2-11H2,1H3,(H,18,19). The van der Waals surface area contributed by atoms with Gasteiger partial charge in [0.2, 0.25) is 15.9 Å². The second-order valence-corrected chi connectivity index (χ2v) is 9.76. The van der Waals surface area contributed by atoms with E-state index in [-0.39, 0.29) is 30.2 Å². The van der Waals surface area contributed by atoms with Gasteiger partial charge in [0.15, 0.2) is 0 Å². The number of hydrogen-bond donors (Lipinski definition) is 1. The number of rotatable bonds is 6. The minimum absolute atomic E-state index is 0.0647. The number of carboxylic acid groups (broad SMARTS) is 1. The molecule has 7 nitrogen and oxygen atoms in total. The molecule has 0 bridgehead atoms. The number of nitrogens with zero attached hydrogens (tertiary/aromatic N) is 2. The molecule has 2 heterocycles. The van der Waals surface area contributed by atoms with Crippen LogP contribution in [0.1, 0.15) is 32.6 Å². The van der Waals surface area contributed by atoms with Gasteiger partial charge in [-0.05, 0) is 44.1 Å². The van der Waals surface area contributed by atoms with Gasteiger partial charge in [0.25, 0.3) is 0 Å². The van der Waals surface area contributed by atoms with Gasteiger partial charge in [0.1, 0.15) is 6.54 Å². The third kappa shape index (κ3) is 4.86. The number of sulfonamides is 1. The Bertz CT molecular complexity index is 552. The first kappa shape index (κ1) is 19.5. The van der Waals surface area contributed by atoms with Crippen molar-refractivity contribution in [3.8, 4) is 0 Å². The van der Waals surface area contributed by atoms with Gasteiger partial charge in [-0.3, -0.25) is 9.59 Å². The van der Waals surface area contributed by atoms with Gasteiger partial charge >= 0.3 is 5.97 Å². The first-order chi connectivity index (χ1) is 11.3. The van der Waals surface area contributed by atoms with Gasteiger partial charge in [-0.25, -0.2) is 12.7 Å². The molecular weight excluding hydrogens is 352 g/mol. The zero-order chi connectivity index (χ0) is 17.7. The van der Waals surface area contributed by atoms with Gasteiger partial charge in [0, 0.05) is 25.0 Å². The molecule has 0 aromatic carbocycles. The second-order valence-electron chi connectivity index (χ2n) is 6.28. The summed E-state index contributed by atoms with van der Waals surface area (Å²) in [5.41, 5.74) is 0. The molecule has 0 spiro atoms. The van der Waals surface area contributed by atoms with E-state index in [9.17, 15) is 23.1 Å². The molecule has 2 rings (SSSR count). The molecule has 1 N–H and O–H groups in total. The van der Waals surface area contributed by atoms with Crippen molar-refractivity contribution >= 4 is 33.7 Å².